The van der Waals surface area contributed by atoms with Crippen LogP contribution in [0, 0.1) is 0 Å². The Labute approximate surface area is 122 Å². The van der Waals surface area contributed by atoms with Gasteiger partial charge in [0.15, 0.2) is 0 Å². The Hall–Kier alpha value is -1.55. The van der Waals surface area contributed by atoms with E-state index in [9.17, 15) is 29.3 Å². The molecule has 0 atom stereocenters. The molecule has 4 nitrogen and oxygen atoms in total. The maximum atomic E-state index is 12.6. The zero-order valence-corrected chi connectivity index (χ0v) is 12.0. The highest BCUT2D eigenvalue weighted by atomic mass is 32.5. The van der Waals surface area contributed by atoms with Crippen molar-refractivity contribution in [2.45, 2.75) is 23.3 Å². The molecule has 0 saturated carbocycles. The molecule has 22 heavy (non-hydrogen) atoms. The number of carboxylic acid groups (broad SMARTS) is 1. The molecule has 2 N–H and O–H groups in total. The summed E-state index contributed by atoms with van der Waals surface area (Å²) in [6.07, 6.45) is -1.19. The Morgan fingerprint density at radius 2 is 1.50 bits per heavy atom. The molecule has 1 amide bonds. The summed E-state index contributed by atoms with van der Waals surface area (Å²) in [7, 11) is -9.73. The lowest BCUT2D eigenvalue weighted by Crippen LogP contribution is -2.44. The molecule has 1 aliphatic heterocycles. The molecular weight excluding hydrogens is 333 g/mol. The first-order valence-electron chi connectivity index (χ1n) is 6.26. The molecule has 0 bridgehead atoms. The standard InChI is InChI=1S/C12H14F5NO3S/c13-22(14,15,16,17)10-3-1-9(2-4-10)12(21)5-7-18(8-6-12)11(19)20/h1-4,21H,5-8H2,(H,19,20). The van der Waals surface area contributed by atoms with Crippen LogP contribution in [0.5, 0.6) is 0 Å². The van der Waals surface area contributed by atoms with Crippen LogP contribution in [0.2, 0.25) is 0 Å². The molecule has 1 aliphatic rings. The fourth-order valence-corrected chi connectivity index (χ4v) is 3.03. The van der Waals surface area contributed by atoms with Crippen molar-refractivity contribution in [3.05, 3.63) is 29.8 Å². The maximum absolute atomic E-state index is 12.6. The number of benzene rings is 1. The quantitative estimate of drug-likeness (QED) is 0.784. The van der Waals surface area contributed by atoms with Crippen LogP contribution in [0.3, 0.4) is 0 Å². The largest absolute Gasteiger partial charge is 0.465 e. The van der Waals surface area contributed by atoms with Crippen molar-refractivity contribution in [3.63, 3.8) is 0 Å². The molecule has 10 heteroatoms. The molecule has 0 aromatic heterocycles. The van der Waals surface area contributed by atoms with E-state index in [0.717, 1.165) is 17.0 Å². The lowest BCUT2D eigenvalue weighted by molar-refractivity contribution is -0.0214. The monoisotopic (exact) mass is 347 g/mol. The van der Waals surface area contributed by atoms with E-state index in [-0.39, 0.29) is 43.6 Å². The molecule has 0 aliphatic carbocycles. The van der Waals surface area contributed by atoms with E-state index >= 15 is 0 Å². The predicted molar refractivity (Wildman–Crippen MR) is 70.6 cm³/mol. The van der Waals surface area contributed by atoms with E-state index in [2.05, 4.69) is 0 Å². The normalized spacial score (nSPS) is 21.8. The van der Waals surface area contributed by atoms with Gasteiger partial charge in [-0.15, -0.1) is 0 Å². The van der Waals surface area contributed by atoms with Crippen molar-refractivity contribution >= 4 is 16.3 Å². The van der Waals surface area contributed by atoms with Crippen LogP contribution in [0.15, 0.2) is 29.2 Å². The number of rotatable bonds is 2. The van der Waals surface area contributed by atoms with Gasteiger partial charge in [0.2, 0.25) is 0 Å². The second kappa shape index (κ2) is 4.25. The highest BCUT2D eigenvalue weighted by Gasteiger charge is 2.65. The van der Waals surface area contributed by atoms with Crippen LogP contribution in [0.4, 0.5) is 24.2 Å². The number of hydrogen-bond donors (Lipinski definition) is 2. The summed E-state index contributed by atoms with van der Waals surface area (Å²) in [4.78, 5) is 9.82. The lowest BCUT2D eigenvalue weighted by atomic mass is 9.84. The third-order valence-electron chi connectivity index (χ3n) is 3.70. The predicted octanol–water partition coefficient (Wildman–Crippen LogP) is 4.31. The van der Waals surface area contributed by atoms with Gasteiger partial charge >= 0.3 is 16.3 Å². The van der Waals surface area contributed by atoms with Gasteiger partial charge < -0.3 is 15.1 Å². The second-order valence-electron chi connectivity index (χ2n) is 5.29. The summed E-state index contributed by atoms with van der Waals surface area (Å²) in [6, 6.07) is 2.12. The van der Waals surface area contributed by atoms with Crippen LogP contribution in [-0.2, 0) is 5.60 Å². The summed E-state index contributed by atoms with van der Waals surface area (Å²) in [5, 5.41) is 19.2. The first-order valence-corrected chi connectivity index (χ1v) is 8.21. The minimum absolute atomic E-state index is 0.00907. The molecule has 1 aromatic rings. The Bertz CT molecular complexity index is 593. The van der Waals surface area contributed by atoms with Gasteiger partial charge in [0.1, 0.15) is 4.90 Å². The molecule has 0 radical (unpaired) electrons. The number of carbonyl (C=O) groups is 1. The van der Waals surface area contributed by atoms with Gasteiger partial charge in [0.25, 0.3) is 0 Å². The smallest absolute Gasteiger partial charge is 0.407 e. The van der Waals surface area contributed by atoms with E-state index in [1.807, 2.05) is 0 Å². The van der Waals surface area contributed by atoms with Crippen molar-refractivity contribution < 1.29 is 34.4 Å². The summed E-state index contributed by atoms with van der Waals surface area (Å²) in [6.45, 7) is 0.0181. The minimum Gasteiger partial charge on any atom is -0.465 e. The van der Waals surface area contributed by atoms with Gasteiger partial charge in [-0.05, 0) is 30.5 Å². The van der Waals surface area contributed by atoms with Crippen LogP contribution in [0.1, 0.15) is 18.4 Å². The number of piperidine rings is 1. The highest BCUT2D eigenvalue weighted by Crippen LogP contribution is 3.02. The second-order valence-corrected chi connectivity index (χ2v) is 7.70. The molecule has 1 heterocycles. The molecule has 126 valence electrons. The number of nitrogens with zero attached hydrogens (tertiary/aromatic N) is 1. The highest BCUT2D eigenvalue weighted by molar-refractivity contribution is 8.45. The Morgan fingerprint density at radius 1 is 1.05 bits per heavy atom. The number of hydrogen-bond acceptors (Lipinski definition) is 2. The zero-order chi connectivity index (χ0) is 16.9. The average Bonchev–Trinajstić information content (AvgIpc) is 2.37. The fourth-order valence-electron chi connectivity index (χ4n) is 2.38. The van der Waals surface area contributed by atoms with E-state index in [1.54, 1.807) is 0 Å². The Balaban J connectivity index is 2.24. The Morgan fingerprint density at radius 3 is 1.86 bits per heavy atom. The zero-order valence-electron chi connectivity index (χ0n) is 11.2. The summed E-state index contributed by atoms with van der Waals surface area (Å²) < 4.78 is 63.1. The first-order chi connectivity index (χ1) is 9.71. The van der Waals surface area contributed by atoms with Crippen LogP contribution >= 0.6 is 10.2 Å². The van der Waals surface area contributed by atoms with Gasteiger partial charge in [-0.3, -0.25) is 0 Å². The van der Waals surface area contributed by atoms with Crippen LogP contribution in [0.25, 0.3) is 0 Å². The van der Waals surface area contributed by atoms with E-state index < -0.39 is 26.8 Å². The number of halogens is 5. The maximum Gasteiger partial charge on any atom is 0.407 e. The lowest BCUT2D eigenvalue weighted by Gasteiger charge is -2.41. The number of amides is 1. The molecule has 1 fully saturated rings. The van der Waals surface area contributed by atoms with Crippen LogP contribution in [-0.4, -0.2) is 34.3 Å². The van der Waals surface area contributed by atoms with Crippen LogP contribution < -0.4 is 0 Å². The summed E-state index contributed by atoms with van der Waals surface area (Å²) >= 11 is 0. The van der Waals surface area contributed by atoms with Gasteiger partial charge in [-0.1, -0.05) is 31.6 Å². The summed E-state index contributed by atoms with van der Waals surface area (Å²) in [5.74, 6) is 0. The molecule has 1 aromatic carbocycles. The third kappa shape index (κ3) is 3.43. The topological polar surface area (TPSA) is 60.8 Å². The number of likely N-dealkylation sites (tertiary alicyclic amines) is 1. The van der Waals surface area contributed by atoms with Gasteiger partial charge in [-0.2, -0.15) is 0 Å². The number of aliphatic hydroxyl groups is 1. The van der Waals surface area contributed by atoms with E-state index in [1.165, 1.54) is 0 Å². The molecule has 1 saturated heterocycles. The molecule has 0 spiro atoms. The molecule has 2 rings (SSSR count). The third-order valence-corrected chi connectivity index (χ3v) is 4.86. The minimum atomic E-state index is -9.73. The molecule has 0 unspecified atom stereocenters. The van der Waals surface area contributed by atoms with Gasteiger partial charge in [0.05, 0.1) is 5.60 Å². The van der Waals surface area contributed by atoms with Crippen molar-refractivity contribution in [2.24, 2.45) is 0 Å². The Kier molecular flexibility index (Phi) is 3.25. The van der Waals surface area contributed by atoms with E-state index in [4.69, 9.17) is 5.11 Å². The summed E-state index contributed by atoms with van der Waals surface area (Å²) in [5.41, 5.74) is -1.47. The van der Waals surface area contributed by atoms with Gasteiger partial charge in [-0.25, -0.2) is 4.79 Å². The van der Waals surface area contributed by atoms with Gasteiger partial charge in [0, 0.05) is 13.1 Å². The first kappa shape index (κ1) is 16.8. The van der Waals surface area contributed by atoms with Crippen molar-refractivity contribution in [3.8, 4) is 0 Å². The van der Waals surface area contributed by atoms with Crippen molar-refractivity contribution in [1.29, 1.82) is 0 Å². The fraction of sp³-hybridized carbons (Fsp3) is 0.417. The average molecular weight is 347 g/mol. The van der Waals surface area contributed by atoms with Crippen molar-refractivity contribution in [1.82, 2.24) is 4.90 Å². The van der Waals surface area contributed by atoms with Crippen molar-refractivity contribution in [2.75, 3.05) is 13.1 Å². The van der Waals surface area contributed by atoms with E-state index in [0.29, 0.717) is 0 Å². The SMILES string of the molecule is O=C(O)N1CCC(O)(c2ccc(S(F)(F)(F)(F)F)cc2)CC1. The molecular formula is C12H14F5NO3S.